The first-order valence-electron chi connectivity index (χ1n) is 14.5. The molecular formula is C32H32F3N3O4. The number of rotatable bonds is 5. The van der Waals surface area contributed by atoms with Gasteiger partial charge >= 0.3 is 6.18 Å². The zero-order chi connectivity index (χ0) is 29.6. The van der Waals surface area contributed by atoms with Crippen molar-refractivity contribution in [1.29, 1.82) is 0 Å². The summed E-state index contributed by atoms with van der Waals surface area (Å²) >= 11 is 0. The summed E-state index contributed by atoms with van der Waals surface area (Å²) in [5.74, 6) is 0.405. The van der Waals surface area contributed by atoms with Gasteiger partial charge in [0.2, 0.25) is 5.91 Å². The molecule has 220 valence electrons. The number of carbonyl (C=O) groups excluding carboxylic acids is 1. The van der Waals surface area contributed by atoms with Crippen LogP contribution in [-0.4, -0.2) is 69.5 Å². The number of aliphatic hydroxyl groups is 1. The van der Waals surface area contributed by atoms with Crippen molar-refractivity contribution in [3.63, 3.8) is 0 Å². The smallest absolute Gasteiger partial charge is 0.416 e. The number of halogens is 3. The van der Waals surface area contributed by atoms with Crippen LogP contribution in [-0.2, 0) is 22.8 Å². The van der Waals surface area contributed by atoms with Crippen molar-refractivity contribution < 1.29 is 32.9 Å². The van der Waals surface area contributed by atoms with Gasteiger partial charge < -0.3 is 19.8 Å². The number of carbonyl (C=O) groups is 1. The molecule has 1 saturated heterocycles. The number of nitrogens with zero attached hydrogens (tertiary/aromatic N) is 3. The first-order chi connectivity index (χ1) is 20.0. The molecule has 3 aliphatic carbocycles. The van der Waals surface area contributed by atoms with E-state index in [0.717, 1.165) is 42.6 Å². The number of phenolic OH excluding ortho intramolecular Hbond substituents is 1. The number of alkyl halides is 3. The molecule has 3 fully saturated rings. The van der Waals surface area contributed by atoms with Gasteiger partial charge in [0.1, 0.15) is 6.10 Å². The highest BCUT2D eigenvalue weighted by Gasteiger charge is 2.76. The Morgan fingerprint density at radius 1 is 1.26 bits per heavy atom. The fourth-order valence-corrected chi connectivity index (χ4v) is 8.24. The number of piperidine rings is 1. The lowest BCUT2D eigenvalue weighted by Gasteiger charge is -2.64. The third kappa shape index (κ3) is 3.82. The summed E-state index contributed by atoms with van der Waals surface area (Å²) in [4.78, 5) is 21.2. The lowest BCUT2D eigenvalue weighted by Crippen LogP contribution is -2.79. The minimum Gasteiger partial charge on any atom is -0.504 e. The largest absolute Gasteiger partial charge is 0.504 e. The third-order valence-corrected chi connectivity index (χ3v) is 10.4. The van der Waals surface area contributed by atoms with Crippen LogP contribution in [0.1, 0.15) is 54.4 Å². The predicted octanol–water partition coefficient (Wildman–Crippen LogP) is 4.76. The number of ether oxygens (including phenoxy) is 1. The molecule has 7 rings (SSSR count). The summed E-state index contributed by atoms with van der Waals surface area (Å²) < 4.78 is 46.0. The van der Waals surface area contributed by atoms with Gasteiger partial charge in [-0.15, -0.1) is 0 Å². The summed E-state index contributed by atoms with van der Waals surface area (Å²) in [5.41, 5.74) is -0.997. The van der Waals surface area contributed by atoms with E-state index in [1.54, 1.807) is 13.1 Å². The van der Waals surface area contributed by atoms with Gasteiger partial charge in [-0.25, -0.2) is 11.5 Å². The van der Waals surface area contributed by atoms with E-state index in [9.17, 15) is 28.2 Å². The third-order valence-electron chi connectivity index (χ3n) is 10.4. The van der Waals surface area contributed by atoms with Gasteiger partial charge in [-0.05, 0) is 73.4 Å². The molecule has 2 saturated carbocycles. The van der Waals surface area contributed by atoms with Crippen molar-refractivity contribution in [2.45, 2.75) is 80.1 Å². The average molecular weight is 580 g/mol. The number of likely N-dealkylation sites (N-methyl/N-ethyl adjacent to an activating group) is 1. The lowest BCUT2D eigenvalue weighted by molar-refractivity contribution is -0.208. The number of aromatic hydroxyl groups is 1. The highest BCUT2D eigenvalue weighted by molar-refractivity contribution is 5.92. The standard InChI is InChI=1S/C32H32F3N3O4/c1-36-25-16-30-27-20-9-10-23(39)28(27)42-29(30)22(12-13-31(30,41)24(15-20)38(25)17-19-6-7-19)37(2)26(40)11-8-18-4-3-5-21(14-18)32(33,34)35/h3-5,8-11,14,19,22,24-25,29,39,41H,6-7,12-13,15-17H2,2H3/b11-8+/t22?,24-,25?,29?,30+,31?/m1/s1. The molecule has 2 aromatic rings. The first kappa shape index (κ1) is 27.3. The van der Waals surface area contributed by atoms with Gasteiger partial charge in [-0.3, -0.25) is 9.64 Å². The molecule has 0 aromatic heterocycles. The highest BCUT2D eigenvalue weighted by Crippen LogP contribution is 2.67. The van der Waals surface area contributed by atoms with Crippen molar-refractivity contribution in [3.05, 3.63) is 76.1 Å². The van der Waals surface area contributed by atoms with Crippen LogP contribution >= 0.6 is 0 Å². The van der Waals surface area contributed by atoms with Crippen molar-refractivity contribution in [2.75, 3.05) is 13.6 Å². The zero-order valence-electron chi connectivity index (χ0n) is 23.1. The van der Waals surface area contributed by atoms with Crippen molar-refractivity contribution in [3.8, 4) is 11.5 Å². The van der Waals surface area contributed by atoms with Gasteiger partial charge in [0.15, 0.2) is 11.5 Å². The van der Waals surface area contributed by atoms with E-state index in [2.05, 4.69) is 9.74 Å². The molecule has 2 N–H and O–H groups in total. The molecule has 2 heterocycles. The Hall–Kier alpha value is -3.55. The van der Waals surface area contributed by atoms with E-state index < -0.39 is 47.0 Å². The quantitative estimate of drug-likeness (QED) is 0.395. The minimum atomic E-state index is -4.49. The second kappa shape index (κ2) is 9.22. The fourth-order valence-electron chi connectivity index (χ4n) is 8.24. The van der Waals surface area contributed by atoms with Gasteiger partial charge in [0.05, 0.1) is 35.1 Å². The van der Waals surface area contributed by atoms with Crippen LogP contribution in [0.4, 0.5) is 13.2 Å². The Bertz CT molecular complexity index is 1530. The normalized spacial score (nSPS) is 33.1. The number of hydrogen-bond donors (Lipinski definition) is 2. The Balaban J connectivity index is 1.24. The summed E-state index contributed by atoms with van der Waals surface area (Å²) in [6, 6.07) is 7.49. The molecule has 2 aliphatic heterocycles. The molecule has 2 bridgehead atoms. The molecule has 10 heteroatoms. The van der Waals surface area contributed by atoms with E-state index >= 15 is 0 Å². The second-order valence-corrected chi connectivity index (χ2v) is 12.6. The zero-order valence-corrected chi connectivity index (χ0v) is 23.1. The number of amides is 1. The molecule has 5 aliphatic rings. The SMILES string of the molecule is [C-]#[N+]C1C[C@]23c4c5ccc(O)c4OC2C(N(C)C(=O)/C=C/c2cccc(C(F)(F)F)c2)CCC3(O)[C@@H](C5)N1CC1CC1. The van der Waals surface area contributed by atoms with E-state index in [1.165, 1.54) is 29.2 Å². The van der Waals surface area contributed by atoms with E-state index in [-0.39, 0.29) is 17.4 Å². The van der Waals surface area contributed by atoms with Crippen molar-refractivity contribution >= 4 is 12.0 Å². The van der Waals surface area contributed by atoms with E-state index in [1.807, 2.05) is 6.07 Å². The van der Waals surface area contributed by atoms with Crippen LogP contribution in [0.2, 0.25) is 0 Å². The van der Waals surface area contributed by atoms with Gasteiger partial charge in [0, 0.05) is 25.2 Å². The maximum absolute atomic E-state index is 13.4. The van der Waals surface area contributed by atoms with Crippen LogP contribution < -0.4 is 4.74 Å². The van der Waals surface area contributed by atoms with E-state index in [4.69, 9.17) is 11.3 Å². The molecule has 7 nitrogen and oxygen atoms in total. The van der Waals surface area contributed by atoms with Crippen LogP contribution in [0, 0.1) is 12.5 Å². The van der Waals surface area contributed by atoms with Crippen LogP contribution in [0.3, 0.4) is 0 Å². The maximum Gasteiger partial charge on any atom is 0.416 e. The average Bonchev–Trinajstić information content (AvgIpc) is 3.71. The molecule has 2 aromatic carbocycles. The number of hydrogen-bond acceptors (Lipinski definition) is 5. The van der Waals surface area contributed by atoms with Gasteiger partial charge in [-0.2, -0.15) is 13.2 Å². The van der Waals surface area contributed by atoms with Crippen LogP contribution in [0.25, 0.3) is 10.9 Å². The topological polar surface area (TPSA) is 77.6 Å². The fraction of sp³-hybridized carbons (Fsp3) is 0.500. The van der Waals surface area contributed by atoms with Crippen molar-refractivity contribution in [2.24, 2.45) is 5.92 Å². The Labute approximate surface area is 242 Å². The number of benzene rings is 2. The maximum atomic E-state index is 13.4. The van der Waals surface area contributed by atoms with Gasteiger partial charge in [-0.1, -0.05) is 18.2 Å². The lowest BCUT2D eigenvalue weighted by atomic mass is 9.47. The number of likely N-dealkylation sites (tertiary alicyclic amines) is 1. The van der Waals surface area contributed by atoms with Crippen LogP contribution in [0.15, 0.2) is 42.5 Å². The second-order valence-electron chi connectivity index (χ2n) is 12.6. The summed E-state index contributed by atoms with van der Waals surface area (Å²) in [6.45, 7) is 8.88. The first-order valence-corrected chi connectivity index (χ1v) is 14.5. The summed E-state index contributed by atoms with van der Waals surface area (Å²) in [6.07, 6.45) is 0.899. The highest BCUT2D eigenvalue weighted by atomic mass is 19.4. The van der Waals surface area contributed by atoms with Crippen molar-refractivity contribution in [1.82, 2.24) is 9.80 Å². The minimum absolute atomic E-state index is 0.0322. The molecule has 4 unspecified atom stereocenters. The van der Waals surface area contributed by atoms with Crippen LogP contribution in [0.5, 0.6) is 11.5 Å². The summed E-state index contributed by atoms with van der Waals surface area (Å²) in [5, 5.41) is 23.6. The Morgan fingerprint density at radius 3 is 2.76 bits per heavy atom. The Morgan fingerprint density at radius 2 is 2.05 bits per heavy atom. The molecule has 6 atom stereocenters. The molecule has 1 spiro atoms. The number of phenols is 1. The monoisotopic (exact) mass is 579 g/mol. The molecular weight excluding hydrogens is 547 g/mol. The molecule has 42 heavy (non-hydrogen) atoms. The Kier molecular flexibility index (Phi) is 5.99. The molecule has 1 amide bonds. The van der Waals surface area contributed by atoms with E-state index in [0.29, 0.717) is 37.4 Å². The molecule has 0 radical (unpaired) electrons. The predicted molar refractivity (Wildman–Crippen MR) is 147 cm³/mol. The summed E-state index contributed by atoms with van der Waals surface area (Å²) in [7, 11) is 1.63. The van der Waals surface area contributed by atoms with Gasteiger partial charge in [0.25, 0.3) is 6.17 Å².